The standard InChI is InChI=1S/C18H22N4O3S/c1-4-25-14-8-6-5-7-13(14)19-16(23)11-26-17-10-9-15(21-22-17)20-18(24)12(2)3/h5-10,12H,4,11H2,1-3H3,(H,19,23)(H,20,21,24). The molecule has 0 unspecified atom stereocenters. The number of hydrogen-bond acceptors (Lipinski definition) is 6. The molecule has 7 nitrogen and oxygen atoms in total. The summed E-state index contributed by atoms with van der Waals surface area (Å²) in [5, 5.41) is 14.1. The van der Waals surface area contributed by atoms with Crippen molar-refractivity contribution < 1.29 is 14.3 Å². The highest BCUT2D eigenvalue weighted by molar-refractivity contribution is 7.99. The van der Waals surface area contributed by atoms with Crippen LogP contribution in [0.25, 0.3) is 0 Å². The van der Waals surface area contributed by atoms with Gasteiger partial charge in [0.2, 0.25) is 11.8 Å². The molecule has 26 heavy (non-hydrogen) atoms. The molecular weight excluding hydrogens is 352 g/mol. The van der Waals surface area contributed by atoms with Crippen LogP contribution in [0.15, 0.2) is 41.4 Å². The molecule has 0 fully saturated rings. The molecule has 0 spiro atoms. The van der Waals surface area contributed by atoms with Gasteiger partial charge in [-0.25, -0.2) is 0 Å². The first-order valence-electron chi connectivity index (χ1n) is 8.28. The van der Waals surface area contributed by atoms with Crippen LogP contribution >= 0.6 is 11.8 Å². The number of benzene rings is 1. The van der Waals surface area contributed by atoms with Crippen LogP contribution in [0.5, 0.6) is 5.75 Å². The number of nitrogens with one attached hydrogen (secondary N) is 2. The molecule has 1 heterocycles. The monoisotopic (exact) mass is 374 g/mol. The molecule has 1 aromatic heterocycles. The SMILES string of the molecule is CCOc1ccccc1NC(=O)CSc1ccc(NC(=O)C(C)C)nn1. The van der Waals surface area contributed by atoms with Crippen molar-refractivity contribution in [3.63, 3.8) is 0 Å². The van der Waals surface area contributed by atoms with Crippen molar-refractivity contribution in [3.05, 3.63) is 36.4 Å². The summed E-state index contributed by atoms with van der Waals surface area (Å²) < 4.78 is 5.48. The van der Waals surface area contributed by atoms with E-state index in [0.29, 0.717) is 28.9 Å². The predicted octanol–water partition coefficient (Wildman–Crippen LogP) is 3.20. The first-order valence-corrected chi connectivity index (χ1v) is 9.27. The number of hydrogen-bond donors (Lipinski definition) is 2. The van der Waals surface area contributed by atoms with Crippen molar-refractivity contribution in [3.8, 4) is 5.75 Å². The lowest BCUT2D eigenvalue weighted by molar-refractivity contribution is -0.119. The van der Waals surface area contributed by atoms with Gasteiger partial charge in [0.25, 0.3) is 0 Å². The van der Waals surface area contributed by atoms with Gasteiger partial charge in [-0.1, -0.05) is 37.7 Å². The number of amides is 2. The summed E-state index contributed by atoms with van der Waals surface area (Å²) in [4.78, 5) is 23.7. The summed E-state index contributed by atoms with van der Waals surface area (Å²) in [5.41, 5.74) is 0.637. The van der Waals surface area contributed by atoms with Gasteiger partial charge in [0.15, 0.2) is 5.82 Å². The number of aromatic nitrogens is 2. The van der Waals surface area contributed by atoms with Crippen molar-refractivity contribution in [1.29, 1.82) is 0 Å². The highest BCUT2D eigenvalue weighted by atomic mass is 32.2. The zero-order valence-corrected chi connectivity index (χ0v) is 15.8. The maximum absolute atomic E-state index is 12.1. The molecule has 0 saturated carbocycles. The molecular formula is C18H22N4O3S. The van der Waals surface area contributed by atoms with Crippen LogP contribution in [0.2, 0.25) is 0 Å². The number of carbonyl (C=O) groups excluding carboxylic acids is 2. The maximum Gasteiger partial charge on any atom is 0.234 e. The molecule has 0 radical (unpaired) electrons. The molecule has 2 aromatic rings. The van der Waals surface area contributed by atoms with Crippen LogP contribution in [-0.2, 0) is 9.59 Å². The van der Waals surface area contributed by atoms with Gasteiger partial charge >= 0.3 is 0 Å². The van der Waals surface area contributed by atoms with E-state index < -0.39 is 0 Å². The van der Waals surface area contributed by atoms with Gasteiger partial charge < -0.3 is 15.4 Å². The molecule has 2 N–H and O–H groups in total. The molecule has 2 rings (SSSR count). The largest absolute Gasteiger partial charge is 0.492 e. The average molecular weight is 374 g/mol. The third-order valence-corrected chi connectivity index (χ3v) is 4.15. The Morgan fingerprint density at radius 3 is 2.54 bits per heavy atom. The first kappa shape index (κ1) is 19.7. The minimum atomic E-state index is -0.166. The number of para-hydroxylation sites is 2. The quantitative estimate of drug-likeness (QED) is 0.689. The highest BCUT2D eigenvalue weighted by Gasteiger charge is 2.10. The van der Waals surface area contributed by atoms with Crippen LogP contribution in [0, 0.1) is 5.92 Å². The van der Waals surface area contributed by atoms with E-state index in [2.05, 4.69) is 20.8 Å². The van der Waals surface area contributed by atoms with Crippen molar-refractivity contribution in [1.82, 2.24) is 10.2 Å². The summed E-state index contributed by atoms with van der Waals surface area (Å²) in [6.45, 7) is 6.02. The molecule has 0 aliphatic rings. The van der Waals surface area contributed by atoms with Crippen LogP contribution < -0.4 is 15.4 Å². The maximum atomic E-state index is 12.1. The van der Waals surface area contributed by atoms with Gasteiger partial charge in [-0.05, 0) is 31.2 Å². The van der Waals surface area contributed by atoms with Crippen LogP contribution in [0.3, 0.4) is 0 Å². The van der Waals surface area contributed by atoms with Gasteiger partial charge in [-0.3, -0.25) is 9.59 Å². The Bertz CT molecular complexity index is 750. The van der Waals surface area contributed by atoms with E-state index in [1.165, 1.54) is 11.8 Å². The topological polar surface area (TPSA) is 93.2 Å². The second-order valence-electron chi connectivity index (χ2n) is 5.67. The Labute approximate surface area is 156 Å². The van der Waals surface area contributed by atoms with E-state index in [9.17, 15) is 9.59 Å². The second kappa shape index (κ2) is 9.76. The fourth-order valence-electron chi connectivity index (χ4n) is 1.91. The fourth-order valence-corrected chi connectivity index (χ4v) is 2.53. The number of anilines is 2. The Kier molecular flexibility index (Phi) is 7.40. The third kappa shape index (κ3) is 6.03. The minimum Gasteiger partial charge on any atom is -0.492 e. The van der Waals surface area contributed by atoms with Crippen LogP contribution in [-0.4, -0.2) is 34.4 Å². The van der Waals surface area contributed by atoms with Crippen molar-refractivity contribution in [2.24, 2.45) is 5.92 Å². The van der Waals surface area contributed by atoms with Gasteiger partial charge in [0, 0.05) is 5.92 Å². The molecule has 8 heteroatoms. The lowest BCUT2D eigenvalue weighted by atomic mass is 10.2. The number of ether oxygens (including phenoxy) is 1. The van der Waals surface area contributed by atoms with Gasteiger partial charge in [-0.15, -0.1) is 10.2 Å². The zero-order valence-electron chi connectivity index (χ0n) is 15.0. The van der Waals surface area contributed by atoms with Crippen molar-refractivity contribution in [2.75, 3.05) is 23.0 Å². The number of nitrogens with zero attached hydrogens (tertiary/aromatic N) is 2. The summed E-state index contributed by atoms with van der Waals surface area (Å²) in [5.74, 6) is 0.802. The normalized spacial score (nSPS) is 10.5. The molecule has 0 atom stereocenters. The average Bonchev–Trinajstić information content (AvgIpc) is 2.63. The van der Waals surface area contributed by atoms with Crippen LogP contribution in [0.1, 0.15) is 20.8 Å². The Balaban J connectivity index is 1.87. The summed E-state index contributed by atoms with van der Waals surface area (Å²) >= 11 is 1.26. The van der Waals surface area contributed by atoms with E-state index >= 15 is 0 Å². The first-order chi connectivity index (χ1) is 12.5. The number of thioether (sulfide) groups is 1. The third-order valence-electron chi connectivity index (χ3n) is 3.23. The smallest absolute Gasteiger partial charge is 0.234 e. The Morgan fingerprint density at radius 1 is 1.12 bits per heavy atom. The highest BCUT2D eigenvalue weighted by Crippen LogP contribution is 2.24. The fraction of sp³-hybridized carbons (Fsp3) is 0.333. The molecule has 2 amide bonds. The van der Waals surface area contributed by atoms with Gasteiger partial charge in [-0.2, -0.15) is 0 Å². The number of carbonyl (C=O) groups is 2. The molecule has 0 aliphatic carbocycles. The Morgan fingerprint density at radius 2 is 1.88 bits per heavy atom. The molecule has 0 saturated heterocycles. The van der Waals surface area contributed by atoms with Gasteiger partial charge in [0.05, 0.1) is 18.0 Å². The number of rotatable bonds is 8. The van der Waals surface area contributed by atoms with Crippen LogP contribution in [0.4, 0.5) is 11.5 Å². The summed E-state index contributed by atoms with van der Waals surface area (Å²) in [6, 6.07) is 10.7. The van der Waals surface area contributed by atoms with Gasteiger partial charge in [0.1, 0.15) is 10.8 Å². The molecule has 138 valence electrons. The lowest BCUT2D eigenvalue weighted by Crippen LogP contribution is -2.18. The molecule has 0 aliphatic heterocycles. The summed E-state index contributed by atoms with van der Waals surface area (Å²) in [6.07, 6.45) is 0. The van der Waals surface area contributed by atoms with Crippen molar-refractivity contribution in [2.45, 2.75) is 25.8 Å². The van der Waals surface area contributed by atoms with E-state index in [4.69, 9.17) is 4.74 Å². The lowest BCUT2D eigenvalue weighted by Gasteiger charge is -2.11. The predicted molar refractivity (Wildman–Crippen MR) is 102 cm³/mol. The van der Waals surface area contributed by atoms with E-state index in [1.807, 2.05) is 25.1 Å². The van der Waals surface area contributed by atoms with E-state index in [0.717, 1.165) is 0 Å². The molecule has 0 bridgehead atoms. The van der Waals surface area contributed by atoms with E-state index in [-0.39, 0.29) is 23.5 Å². The van der Waals surface area contributed by atoms with Crippen molar-refractivity contribution >= 4 is 35.1 Å². The minimum absolute atomic E-state index is 0.118. The molecule has 1 aromatic carbocycles. The second-order valence-corrected chi connectivity index (χ2v) is 6.66. The summed E-state index contributed by atoms with van der Waals surface area (Å²) in [7, 11) is 0. The van der Waals surface area contributed by atoms with E-state index in [1.54, 1.807) is 32.0 Å². The zero-order chi connectivity index (χ0) is 18.9. The Hall–Kier alpha value is -2.61.